The van der Waals surface area contributed by atoms with E-state index in [0.29, 0.717) is 17.7 Å². The Morgan fingerprint density at radius 2 is 1.89 bits per heavy atom. The first-order valence-corrected chi connectivity index (χ1v) is 6.76. The fourth-order valence-corrected chi connectivity index (χ4v) is 2.43. The molecule has 0 N–H and O–H groups in total. The van der Waals surface area contributed by atoms with Crippen LogP contribution in [0.1, 0.15) is 15.9 Å². The summed E-state index contributed by atoms with van der Waals surface area (Å²) >= 11 is 3.42. The number of fused-ring (bicyclic) bond motifs is 1. The number of rotatable bonds is 2. The normalized spacial score (nSPS) is 13.2. The number of benzene rings is 2. The van der Waals surface area contributed by atoms with Gasteiger partial charge in [0.25, 0.3) is 0 Å². The summed E-state index contributed by atoms with van der Waals surface area (Å²) in [7, 11) is 0. The highest BCUT2D eigenvalue weighted by Crippen LogP contribution is 2.30. The molecule has 0 fully saturated rings. The van der Waals surface area contributed by atoms with E-state index < -0.39 is 0 Å². The second kappa shape index (κ2) is 5.02. The summed E-state index contributed by atoms with van der Waals surface area (Å²) in [5.41, 5.74) is 2.30. The van der Waals surface area contributed by atoms with Gasteiger partial charge in [-0.1, -0.05) is 46.3 Å². The molecule has 2 aromatic rings. The molecule has 0 bridgehead atoms. The first-order valence-electron chi connectivity index (χ1n) is 5.97. The first-order chi connectivity index (χ1) is 9.24. The molecule has 2 aromatic carbocycles. The minimum absolute atomic E-state index is 0.0197. The third-order valence-electron chi connectivity index (χ3n) is 3.01. The van der Waals surface area contributed by atoms with Gasteiger partial charge in [0.15, 0.2) is 5.78 Å². The predicted octanol–water partition coefficient (Wildman–Crippen LogP) is 4.11. The van der Waals surface area contributed by atoms with Crippen molar-refractivity contribution in [2.45, 2.75) is 0 Å². The predicted molar refractivity (Wildman–Crippen MR) is 78.4 cm³/mol. The molecule has 1 heterocycles. The Bertz CT molecular complexity index is 660. The minimum atomic E-state index is 0.0197. The number of hydrogen-bond donors (Lipinski definition) is 0. The molecule has 0 saturated heterocycles. The second-order valence-electron chi connectivity index (χ2n) is 4.34. The van der Waals surface area contributed by atoms with Crippen LogP contribution in [0.25, 0.3) is 6.08 Å². The van der Waals surface area contributed by atoms with E-state index >= 15 is 0 Å². The van der Waals surface area contributed by atoms with Crippen molar-refractivity contribution in [3.8, 4) is 5.75 Å². The molecular weight excluding hydrogens is 304 g/mol. The Labute approximate surface area is 119 Å². The number of carbonyl (C=O) groups excluding carboxylic acids is 1. The van der Waals surface area contributed by atoms with Crippen molar-refractivity contribution in [2.24, 2.45) is 0 Å². The van der Waals surface area contributed by atoms with Crippen molar-refractivity contribution in [1.29, 1.82) is 0 Å². The molecule has 0 spiro atoms. The molecule has 0 aliphatic carbocycles. The minimum Gasteiger partial charge on any atom is -0.488 e. The van der Waals surface area contributed by atoms with Crippen LogP contribution in [-0.4, -0.2) is 12.4 Å². The van der Waals surface area contributed by atoms with Gasteiger partial charge in [0, 0.05) is 21.2 Å². The molecule has 94 valence electrons. The molecule has 2 nitrogen and oxygen atoms in total. The van der Waals surface area contributed by atoms with Gasteiger partial charge in [0.2, 0.25) is 0 Å². The number of hydrogen-bond acceptors (Lipinski definition) is 2. The van der Waals surface area contributed by atoms with Gasteiger partial charge in [-0.05, 0) is 24.3 Å². The lowest BCUT2D eigenvalue weighted by Crippen LogP contribution is -2.15. The smallest absolute Gasteiger partial charge is 0.192 e. The van der Waals surface area contributed by atoms with E-state index in [1.165, 1.54) is 0 Å². The summed E-state index contributed by atoms with van der Waals surface area (Å²) < 4.78 is 6.60. The van der Waals surface area contributed by atoms with Crippen molar-refractivity contribution in [3.63, 3.8) is 0 Å². The molecule has 0 saturated carbocycles. The van der Waals surface area contributed by atoms with Crippen molar-refractivity contribution in [2.75, 3.05) is 6.61 Å². The highest BCUT2D eigenvalue weighted by Gasteiger charge is 2.18. The molecule has 3 rings (SSSR count). The standard InChI is InChI=1S/C16H11BrO2/c17-14-6-7-15-12(9-14)8-13(10-19-15)16(18)11-4-2-1-3-5-11/h1-9H,10H2. The second-order valence-corrected chi connectivity index (χ2v) is 5.25. The number of ketones is 1. The van der Waals surface area contributed by atoms with E-state index in [2.05, 4.69) is 15.9 Å². The summed E-state index contributed by atoms with van der Waals surface area (Å²) in [6, 6.07) is 15.0. The van der Waals surface area contributed by atoms with Gasteiger partial charge in [0.1, 0.15) is 12.4 Å². The van der Waals surface area contributed by atoms with Crippen LogP contribution in [0.15, 0.2) is 58.6 Å². The summed E-state index contributed by atoms with van der Waals surface area (Å²) in [5, 5.41) is 0. The van der Waals surface area contributed by atoms with Crippen LogP contribution in [0.3, 0.4) is 0 Å². The number of carbonyl (C=O) groups is 1. The number of Topliss-reactive ketones (excluding diaryl/α,β-unsaturated/α-hetero) is 1. The third kappa shape index (κ3) is 2.47. The number of ether oxygens (including phenoxy) is 1. The van der Waals surface area contributed by atoms with Crippen molar-refractivity contribution >= 4 is 27.8 Å². The van der Waals surface area contributed by atoms with Crippen LogP contribution in [0, 0.1) is 0 Å². The molecule has 0 atom stereocenters. The summed E-state index contributed by atoms with van der Waals surface area (Å²) in [5.74, 6) is 0.832. The largest absolute Gasteiger partial charge is 0.488 e. The monoisotopic (exact) mass is 314 g/mol. The summed E-state index contributed by atoms with van der Waals surface area (Å²) in [6.45, 7) is 0.322. The summed E-state index contributed by atoms with van der Waals surface area (Å²) in [4.78, 5) is 12.3. The van der Waals surface area contributed by atoms with Gasteiger partial charge >= 0.3 is 0 Å². The van der Waals surface area contributed by atoms with E-state index in [-0.39, 0.29) is 5.78 Å². The van der Waals surface area contributed by atoms with Crippen molar-refractivity contribution in [1.82, 2.24) is 0 Å². The van der Waals surface area contributed by atoms with E-state index in [1.54, 1.807) is 0 Å². The molecular formula is C16H11BrO2. The van der Waals surface area contributed by atoms with Gasteiger partial charge in [-0.3, -0.25) is 4.79 Å². The fourth-order valence-electron chi connectivity index (χ4n) is 2.05. The third-order valence-corrected chi connectivity index (χ3v) is 3.51. The Balaban J connectivity index is 1.97. The van der Waals surface area contributed by atoms with Gasteiger partial charge in [0.05, 0.1) is 0 Å². The first kappa shape index (κ1) is 12.2. The van der Waals surface area contributed by atoms with Crippen LogP contribution in [0.4, 0.5) is 0 Å². The lowest BCUT2D eigenvalue weighted by molar-refractivity contribution is 0.102. The average molecular weight is 315 g/mol. The van der Waals surface area contributed by atoms with Crippen LogP contribution >= 0.6 is 15.9 Å². The fraction of sp³-hybridized carbons (Fsp3) is 0.0625. The lowest BCUT2D eigenvalue weighted by Gasteiger charge is -2.17. The van der Waals surface area contributed by atoms with Crippen LogP contribution in [0.2, 0.25) is 0 Å². The maximum atomic E-state index is 12.3. The average Bonchev–Trinajstić information content (AvgIpc) is 2.46. The maximum absolute atomic E-state index is 12.3. The Hall–Kier alpha value is -1.87. The molecule has 1 aliphatic rings. The molecule has 1 aliphatic heterocycles. The SMILES string of the molecule is O=C(C1=Cc2cc(Br)ccc2OC1)c1ccccc1. The lowest BCUT2D eigenvalue weighted by atomic mass is 10.00. The molecule has 0 radical (unpaired) electrons. The van der Waals surface area contributed by atoms with Gasteiger partial charge in [-0.25, -0.2) is 0 Å². The Morgan fingerprint density at radius 1 is 1.11 bits per heavy atom. The maximum Gasteiger partial charge on any atom is 0.192 e. The van der Waals surface area contributed by atoms with E-state index in [9.17, 15) is 4.79 Å². The molecule has 0 amide bonds. The quantitative estimate of drug-likeness (QED) is 0.780. The van der Waals surface area contributed by atoms with Crippen molar-refractivity contribution < 1.29 is 9.53 Å². The number of halogens is 1. The van der Waals surface area contributed by atoms with Gasteiger partial charge in [-0.15, -0.1) is 0 Å². The highest BCUT2D eigenvalue weighted by atomic mass is 79.9. The molecule has 3 heteroatoms. The summed E-state index contributed by atoms with van der Waals surface area (Å²) in [6.07, 6.45) is 1.90. The van der Waals surface area contributed by atoms with E-state index in [4.69, 9.17) is 4.74 Å². The zero-order chi connectivity index (χ0) is 13.2. The van der Waals surface area contributed by atoms with Crippen LogP contribution < -0.4 is 4.74 Å². The highest BCUT2D eigenvalue weighted by molar-refractivity contribution is 9.10. The van der Waals surface area contributed by atoms with Crippen molar-refractivity contribution in [3.05, 3.63) is 69.7 Å². The van der Waals surface area contributed by atoms with Gasteiger partial charge in [-0.2, -0.15) is 0 Å². The zero-order valence-corrected chi connectivity index (χ0v) is 11.7. The molecule has 0 aromatic heterocycles. The van der Waals surface area contributed by atoms with E-state index in [0.717, 1.165) is 15.8 Å². The van der Waals surface area contributed by atoms with Crippen LogP contribution in [-0.2, 0) is 0 Å². The van der Waals surface area contributed by atoms with E-state index in [1.807, 2.05) is 54.6 Å². The molecule has 0 unspecified atom stereocenters. The Kier molecular flexibility index (Phi) is 3.22. The Morgan fingerprint density at radius 3 is 2.68 bits per heavy atom. The topological polar surface area (TPSA) is 26.3 Å². The molecule has 19 heavy (non-hydrogen) atoms. The van der Waals surface area contributed by atoms with Gasteiger partial charge < -0.3 is 4.74 Å². The van der Waals surface area contributed by atoms with Crippen LogP contribution in [0.5, 0.6) is 5.75 Å². The zero-order valence-electron chi connectivity index (χ0n) is 10.1.